The van der Waals surface area contributed by atoms with Crippen molar-refractivity contribution in [2.45, 2.75) is 12.5 Å². The summed E-state index contributed by atoms with van der Waals surface area (Å²) >= 11 is 5.87. The van der Waals surface area contributed by atoms with Crippen LogP contribution in [0.4, 0.5) is 5.82 Å². The minimum absolute atomic E-state index is 0.187. The number of nitrogens with two attached hydrogens (primary N) is 1. The SMILES string of the molecule is Nc1nc(Cl)cc2c1ncn2[C@H]1CO[C@@H](CO)O1. The lowest BCUT2D eigenvalue weighted by Gasteiger charge is -2.12. The van der Waals surface area contributed by atoms with Crippen LogP contribution in [0.1, 0.15) is 6.23 Å². The lowest BCUT2D eigenvalue weighted by molar-refractivity contribution is -0.0979. The molecule has 0 aromatic carbocycles. The van der Waals surface area contributed by atoms with Gasteiger partial charge in [-0.3, -0.25) is 0 Å². The molecule has 2 aromatic heterocycles. The lowest BCUT2D eigenvalue weighted by Crippen LogP contribution is -2.15. The molecule has 18 heavy (non-hydrogen) atoms. The van der Waals surface area contributed by atoms with E-state index in [1.54, 1.807) is 17.0 Å². The first-order chi connectivity index (χ1) is 8.69. The third-order valence-electron chi connectivity index (χ3n) is 2.75. The van der Waals surface area contributed by atoms with Gasteiger partial charge in [0.05, 0.1) is 25.1 Å². The average molecular weight is 271 g/mol. The van der Waals surface area contributed by atoms with Gasteiger partial charge in [-0.2, -0.15) is 0 Å². The van der Waals surface area contributed by atoms with Crippen molar-refractivity contribution < 1.29 is 14.6 Å². The standard InChI is InChI=1S/C10H11ClN4O3/c11-6-1-5-9(10(12)14-6)13-4-15(5)7-3-17-8(2-16)18-7/h1,4,7-8,16H,2-3H2,(H2,12,14)/t7-,8-/m1/s1. The van der Waals surface area contributed by atoms with Gasteiger partial charge in [-0.15, -0.1) is 0 Å². The van der Waals surface area contributed by atoms with Crippen molar-refractivity contribution in [1.29, 1.82) is 0 Å². The summed E-state index contributed by atoms with van der Waals surface area (Å²) in [7, 11) is 0. The van der Waals surface area contributed by atoms with Crippen LogP contribution < -0.4 is 5.73 Å². The molecule has 1 aliphatic rings. The normalized spacial score (nSPS) is 23.9. The summed E-state index contributed by atoms with van der Waals surface area (Å²) in [6.07, 6.45) is 0.624. The molecule has 8 heteroatoms. The fourth-order valence-electron chi connectivity index (χ4n) is 1.94. The van der Waals surface area contributed by atoms with Gasteiger partial charge in [0.1, 0.15) is 10.7 Å². The zero-order valence-electron chi connectivity index (χ0n) is 9.28. The van der Waals surface area contributed by atoms with Crippen LogP contribution in [-0.4, -0.2) is 39.1 Å². The summed E-state index contributed by atoms with van der Waals surface area (Å²) < 4.78 is 12.5. The Morgan fingerprint density at radius 1 is 1.61 bits per heavy atom. The number of halogens is 1. The molecule has 2 atom stereocenters. The van der Waals surface area contributed by atoms with Gasteiger partial charge in [0.15, 0.2) is 18.3 Å². The minimum atomic E-state index is -0.609. The highest BCUT2D eigenvalue weighted by Crippen LogP contribution is 2.28. The van der Waals surface area contributed by atoms with Crippen LogP contribution in [0.25, 0.3) is 11.0 Å². The number of aliphatic hydroxyl groups is 1. The van der Waals surface area contributed by atoms with Gasteiger partial charge in [0.2, 0.25) is 0 Å². The molecule has 0 spiro atoms. The van der Waals surface area contributed by atoms with E-state index in [4.69, 9.17) is 31.9 Å². The quantitative estimate of drug-likeness (QED) is 0.773. The van der Waals surface area contributed by atoms with Crippen LogP contribution in [0.5, 0.6) is 0 Å². The molecule has 0 radical (unpaired) electrons. The number of hydrogen-bond acceptors (Lipinski definition) is 6. The number of fused-ring (bicyclic) bond motifs is 1. The molecule has 0 amide bonds. The summed E-state index contributed by atoms with van der Waals surface area (Å²) in [5.41, 5.74) is 7.03. The monoisotopic (exact) mass is 270 g/mol. The summed E-state index contributed by atoms with van der Waals surface area (Å²) in [6.45, 7) is 0.143. The van der Waals surface area contributed by atoms with E-state index in [1.165, 1.54) is 0 Å². The second-order valence-electron chi connectivity index (χ2n) is 3.89. The van der Waals surface area contributed by atoms with Gasteiger partial charge in [-0.05, 0) is 0 Å². The Labute approximate surface area is 107 Å². The predicted molar refractivity (Wildman–Crippen MR) is 63.9 cm³/mol. The molecule has 0 aliphatic carbocycles. The number of ether oxygens (including phenoxy) is 2. The molecule has 1 fully saturated rings. The molecule has 3 N–H and O–H groups in total. The van der Waals surface area contributed by atoms with E-state index in [0.29, 0.717) is 17.3 Å². The summed E-state index contributed by atoms with van der Waals surface area (Å²) in [5.74, 6) is 0.272. The largest absolute Gasteiger partial charge is 0.391 e. The molecule has 1 aliphatic heterocycles. The molecule has 7 nitrogen and oxygen atoms in total. The Hall–Kier alpha value is -1.41. The molecule has 2 aromatic rings. The Morgan fingerprint density at radius 2 is 2.44 bits per heavy atom. The Balaban J connectivity index is 2.03. The molecule has 3 heterocycles. The van der Waals surface area contributed by atoms with Crippen LogP contribution in [0.3, 0.4) is 0 Å². The van der Waals surface area contributed by atoms with Gasteiger partial charge in [0, 0.05) is 6.07 Å². The van der Waals surface area contributed by atoms with E-state index < -0.39 is 6.29 Å². The van der Waals surface area contributed by atoms with E-state index in [-0.39, 0.29) is 18.7 Å². The van der Waals surface area contributed by atoms with Gasteiger partial charge in [-0.1, -0.05) is 11.6 Å². The Kier molecular flexibility index (Phi) is 2.83. The maximum absolute atomic E-state index is 8.96. The third kappa shape index (κ3) is 1.81. The molecule has 0 saturated carbocycles. The van der Waals surface area contributed by atoms with Crippen LogP contribution in [0.2, 0.25) is 5.15 Å². The topological polar surface area (TPSA) is 95.4 Å². The van der Waals surface area contributed by atoms with E-state index in [1.807, 2.05) is 0 Å². The van der Waals surface area contributed by atoms with Crippen molar-refractivity contribution >= 4 is 28.5 Å². The van der Waals surface area contributed by atoms with Crippen LogP contribution in [-0.2, 0) is 9.47 Å². The van der Waals surface area contributed by atoms with Gasteiger partial charge < -0.3 is 24.9 Å². The van der Waals surface area contributed by atoms with Crippen molar-refractivity contribution in [2.75, 3.05) is 18.9 Å². The highest BCUT2D eigenvalue weighted by Gasteiger charge is 2.28. The summed E-state index contributed by atoms with van der Waals surface area (Å²) in [5, 5.41) is 9.25. The minimum Gasteiger partial charge on any atom is -0.391 e. The average Bonchev–Trinajstić information content (AvgIpc) is 2.93. The first-order valence-electron chi connectivity index (χ1n) is 5.35. The van der Waals surface area contributed by atoms with E-state index >= 15 is 0 Å². The number of imidazole rings is 1. The van der Waals surface area contributed by atoms with E-state index in [0.717, 1.165) is 5.52 Å². The molecular formula is C10H11ClN4O3. The zero-order valence-corrected chi connectivity index (χ0v) is 10.0. The lowest BCUT2D eigenvalue weighted by atomic mass is 10.3. The molecule has 0 unspecified atom stereocenters. The highest BCUT2D eigenvalue weighted by atomic mass is 35.5. The van der Waals surface area contributed by atoms with Gasteiger partial charge in [0.25, 0.3) is 0 Å². The number of nitrogens with zero attached hydrogens (tertiary/aromatic N) is 3. The third-order valence-corrected chi connectivity index (χ3v) is 2.94. The van der Waals surface area contributed by atoms with Crippen molar-refractivity contribution in [2.24, 2.45) is 0 Å². The van der Waals surface area contributed by atoms with Crippen molar-refractivity contribution in [1.82, 2.24) is 14.5 Å². The maximum atomic E-state index is 8.96. The number of aromatic nitrogens is 3. The van der Waals surface area contributed by atoms with Crippen molar-refractivity contribution in [3.63, 3.8) is 0 Å². The fraction of sp³-hybridized carbons (Fsp3) is 0.400. The van der Waals surface area contributed by atoms with E-state index in [9.17, 15) is 0 Å². The number of hydrogen-bond donors (Lipinski definition) is 2. The summed E-state index contributed by atoms with van der Waals surface area (Å²) in [6, 6.07) is 1.66. The molecule has 1 saturated heterocycles. The number of anilines is 1. The van der Waals surface area contributed by atoms with Crippen LogP contribution in [0.15, 0.2) is 12.4 Å². The Bertz CT molecular complexity index is 588. The first kappa shape index (κ1) is 11.7. The fourth-order valence-corrected chi connectivity index (χ4v) is 2.13. The zero-order chi connectivity index (χ0) is 12.7. The first-order valence-corrected chi connectivity index (χ1v) is 5.73. The van der Waals surface area contributed by atoms with Gasteiger partial charge in [-0.25, -0.2) is 9.97 Å². The number of nitrogen functional groups attached to an aromatic ring is 1. The summed E-state index contributed by atoms with van der Waals surface area (Å²) in [4.78, 5) is 8.10. The van der Waals surface area contributed by atoms with Gasteiger partial charge >= 0.3 is 0 Å². The molecule has 96 valence electrons. The molecule has 3 rings (SSSR count). The van der Waals surface area contributed by atoms with Crippen molar-refractivity contribution in [3.8, 4) is 0 Å². The second kappa shape index (κ2) is 4.36. The molecular weight excluding hydrogens is 260 g/mol. The predicted octanol–water partition coefficient (Wildman–Crippen LogP) is 0.531. The smallest absolute Gasteiger partial charge is 0.183 e. The van der Waals surface area contributed by atoms with Crippen LogP contribution in [0, 0.1) is 0 Å². The molecule has 0 bridgehead atoms. The van der Waals surface area contributed by atoms with E-state index in [2.05, 4.69) is 9.97 Å². The number of rotatable bonds is 2. The highest BCUT2D eigenvalue weighted by molar-refractivity contribution is 6.30. The second-order valence-corrected chi connectivity index (χ2v) is 4.27. The Morgan fingerprint density at radius 3 is 3.17 bits per heavy atom. The number of pyridine rings is 1. The van der Waals surface area contributed by atoms with Crippen LogP contribution >= 0.6 is 11.6 Å². The van der Waals surface area contributed by atoms with Crippen molar-refractivity contribution in [3.05, 3.63) is 17.5 Å². The number of aliphatic hydroxyl groups excluding tert-OH is 1. The maximum Gasteiger partial charge on any atom is 0.183 e.